The number of amides is 2. The van der Waals surface area contributed by atoms with Crippen molar-refractivity contribution in [3.8, 4) is 6.07 Å². The van der Waals surface area contributed by atoms with Gasteiger partial charge in [-0.15, -0.1) is 0 Å². The van der Waals surface area contributed by atoms with E-state index in [0.29, 0.717) is 45.1 Å². The molecule has 234 valence electrons. The maximum absolute atomic E-state index is 14.3. The summed E-state index contributed by atoms with van der Waals surface area (Å²) in [6, 6.07) is 5.62. The van der Waals surface area contributed by atoms with Crippen molar-refractivity contribution in [2.45, 2.75) is 72.3 Å². The number of carbonyl (C=O) groups is 2. The molecule has 5 aliphatic rings. The molecule has 2 heterocycles. The van der Waals surface area contributed by atoms with Gasteiger partial charge in [0.25, 0.3) is 5.92 Å². The molecule has 2 amide bonds. The number of hydrogen-bond donors (Lipinski definition) is 1. The van der Waals surface area contributed by atoms with E-state index in [-0.39, 0.29) is 5.69 Å². The second kappa shape index (κ2) is 10.3. The molecule has 1 N–H and O–H groups in total. The highest BCUT2D eigenvalue weighted by Crippen LogP contribution is 2.45. The predicted octanol–water partition coefficient (Wildman–Crippen LogP) is 2.81. The molecular weight excluding hydrogens is 597 g/mol. The van der Waals surface area contributed by atoms with Crippen LogP contribution in [0.3, 0.4) is 0 Å². The summed E-state index contributed by atoms with van der Waals surface area (Å²) in [7, 11) is -4.73. The number of likely N-dealkylation sites (tertiary alicyclic amines) is 1. The molecule has 3 atom stereocenters. The van der Waals surface area contributed by atoms with Crippen LogP contribution in [-0.2, 0) is 25.6 Å². The van der Waals surface area contributed by atoms with Crippen LogP contribution in [-0.4, -0.2) is 92.1 Å². The zero-order valence-electron chi connectivity index (χ0n) is 23.2. The zero-order chi connectivity index (χ0) is 30.9. The second-order valence-electron chi connectivity index (χ2n) is 12.5. The van der Waals surface area contributed by atoms with Crippen LogP contribution in [0.4, 0.5) is 27.6 Å². The molecule has 0 spiro atoms. The standard InChI is InChI=1S/C28H32F5N5O4S/c29-27(30)15-38(16-27)25(40)21-13-19(12-20(21)24(39)35-26(14-34)5-6-26)43(41,42)23-4-3-18(11-22(23)28(31,32)33)37-9-7-36(8-10-37)17-1-2-17/h3-4,11,17,19-21H,1-2,5-10,12-13,15-16H2,(H,35,39)/t19-,20-,21?/m1/s1. The van der Waals surface area contributed by atoms with Crippen LogP contribution in [0, 0.1) is 23.2 Å². The average molecular weight is 630 g/mol. The van der Waals surface area contributed by atoms with Gasteiger partial charge in [0.05, 0.1) is 46.7 Å². The van der Waals surface area contributed by atoms with Crippen molar-refractivity contribution in [2.24, 2.45) is 11.8 Å². The summed E-state index contributed by atoms with van der Waals surface area (Å²) in [6.07, 6.45) is -3.03. The molecule has 6 rings (SSSR count). The number of hydrogen-bond acceptors (Lipinski definition) is 7. The van der Waals surface area contributed by atoms with E-state index in [1.807, 2.05) is 6.07 Å². The molecule has 0 bridgehead atoms. The normalized spacial score (nSPS) is 28.6. The topological polar surface area (TPSA) is 114 Å². The molecule has 1 aromatic rings. The molecule has 1 unspecified atom stereocenters. The first-order valence-corrected chi connectivity index (χ1v) is 16.0. The van der Waals surface area contributed by atoms with E-state index in [0.717, 1.165) is 29.9 Å². The quantitative estimate of drug-likeness (QED) is 0.462. The minimum absolute atomic E-state index is 0.253. The van der Waals surface area contributed by atoms with E-state index >= 15 is 0 Å². The number of anilines is 1. The van der Waals surface area contributed by atoms with Gasteiger partial charge in [0.15, 0.2) is 9.84 Å². The summed E-state index contributed by atoms with van der Waals surface area (Å²) < 4.78 is 97.7. The van der Waals surface area contributed by atoms with E-state index < -0.39 is 92.8 Å². The molecule has 0 aromatic heterocycles. The number of alkyl halides is 5. The van der Waals surface area contributed by atoms with Gasteiger partial charge in [-0.2, -0.15) is 18.4 Å². The molecule has 1 aromatic carbocycles. The van der Waals surface area contributed by atoms with Crippen LogP contribution < -0.4 is 10.2 Å². The fourth-order valence-electron chi connectivity index (χ4n) is 6.58. The molecule has 5 fully saturated rings. The first kappa shape index (κ1) is 30.1. The van der Waals surface area contributed by atoms with E-state index in [1.54, 1.807) is 4.90 Å². The molecule has 2 saturated heterocycles. The molecule has 9 nitrogen and oxygen atoms in total. The van der Waals surface area contributed by atoms with Crippen molar-refractivity contribution in [1.29, 1.82) is 5.26 Å². The van der Waals surface area contributed by atoms with Gasteiger partial charge >= 0.3 is 6.18 Å². The Morgan fingerprint density at radius 3 is 2.16 bits per heavy atom. The zero-order valence-corrected chi connectivity index (χ0v) is 24.1. The van der Waals surface area contributed by atoms with Gasteiger partial charge < -0.3 is 15.1 Å². The third kappa shape index (κ3) is 5.80. The smallest absolute Gasteiger partial charge is 0.369 e. The predicted molar refractivity (Wildman–Crippen MR) is 143 cm³/mol. The van der Waals surface area contributed by atoms with Crippen LogP contribution in [0.2, 0.25) is 0 Å². The highest BCUT2D eigenvalue weighted by molar-refractivity contribution is 7.92. The van der Waals surface area contributed by atoms with Crippen LogP contribution in [0.15, 0.2) is 23.1 Å². The maximum atomic E-state index is 14.3. The van der Waals surface area contributed by atoms with Gasteiger partial charge in [-0.1, -0.05) is 0 Å². The third-order valence-electron chi connectivity index (χ3n) is 9.41. The lowest BCUT2D eigenvalue weighted by Gasteiger charge is -2.40. The van der Waals surface area contributed by atoms with E-state index in [1.165, 1.54) is 6.07 Å². The minimum atomic E-state index is -5.01. The Morgan fingerprint density at radius 2 is 1.63 bits per heavy atom. The summed E-state index contributed by atoms with van der Waals surface area (Å²) in [5.41, 5.74) is -2.22. The van der Waals surface area contributed by atoms with Crippen molar-refractivity contribution in [3.05, 3.63) is 23.8 Å². The molecule has 3 saturated carbocycles. The van der Waals surface area contributed by atoms with Gasteiger partial charge in [0.2, 0.25) is 11.8 Å². The highest BCUT2D eigenvalue weighted by atomic mass is 32.2. The van der Waals surface area contributed by atoms with E-state index in [2.05, 4.69) is 10.2 Å². The van der Waals surface area contributed by atoms with Crippen molar-refractivity contribution >= 4 is 27.3 Å². The second-order valence-corrected chi connectivity index (χ2v) is 14.7. The molecular formula is C28H32F5N5O4S. The average Bonchev–Trinajstić information content (AvgIpc) is 3.88. The van der Waals surface area contributed by atoms with E-state index in [4.69, 9.17) is 0 Å². The van der Waals surface area contributed by atoms with Gasteiger partial charge in [-0.3, -0.25) is 14.5 Å². The highest BCUT2D eigenvalue weighted by Gasteiger charge is 2.55. The summed E-state index contributed by atoms with van der Waals surface area (Å²) in [4.78, 5) is 30.3. The number of nitrogens with one attached hydrogen (secondary N) is 1. The van der Waals surface area contributed by atoms with Crippen LogP contribution in [0.5, 0.6) is 0 Å². The number of rotatable bonds is 7. The Bertz CT molecular complexity index is 1450. The lowest BCUT2D eigenvalue weighted by molar-refractivity contribution is -0.171. The third-order valence-corrected chi connectivity index (χ3v) is 11.6. The largest absolute Gasteiger partial charge is 0.417 e. The Hall–Kier alpha value is -2.99. The van der Waals surface area contributed by atoms with E-state index in [9.17, 15) is 45.2 Å². The number of nitrogens with zero attached hydrogens (tertiary/aromatic N) is 4. The van der Waals surface area contributed by atoms with Gasteiger partial charge in [0.1, 0.15) is 5.54 Å². The van der Waals surface area contributed by atoms with Gasteiger partial charge in [-0.25, -0.2) is 17.2 Å². The summed E-state index contributed by atoms with van der Waals surface area (Å²) in [6.45, 7) is 0.632. The fraction of sp³-hybridized carbons (Fsp3) is 0.679. The summed E-state index contributed by atoms with van der Waals surface area (Å²) >= 11 is 0. The monoisotopic (exact) mass is 629 g/mol. The Morgan fingerprint density at radius 1 is 1.00 bits per heavy atom. The number of piperazine rings is 1. The Balaban J connectivity index is 1.26. The van der Waals surface area contributed by atoms with Gasteiger partial charge in [0, 0.05) is 37.9 Å². The number of sulfone groups is 1. The SMILES string of the molecule is N#CC1(NC(=O)[C@@H]2C[C@@H](S(=O)(=O)c3ccc(N4CCN(C5CC5)CC4)cc3C(F)(F)F)CC2C(=O)N2CC(F)(F)C2)CC1. The first-order chi connectivity index (χ1) is 20.1. The van der Waals surface area contributed by atoms with Crippen LogP contribution in [0.25, 0.3) is 0 Å². The van der Waals surface area contributed by atoms with Crippen molar-refractivity contribution in [1.82, 2.24) is 15.1 Å². The molecule has 0 radical (unpaired) electrons. The van der Waals surface area contributed by atoms with Crippen molar-refractivity contribution in [3.63, 3.8) is 0 Å². The molecule has 43 heavy (non-hydrogen) atoms. The lowest BCUT2D eigenvalue weighted by Crippen LogP contribution is -2.60. The molecule has 3 aliphatic carbocycles. The summed E-state index contributed by atoms with van der Waals surface area (Å²) in [5.74, 6) is -7.36. The number of benzene rings is 1. The van der Waals surface area contributed by atoms with Crippen molar-refractivity contribution in [2.75, 3.05) is 44.2 Å². The molecule has 2 aliphatic heterocycles. The van der Waals surface area contributed by atoms with Gasteiger partial charge in [-0.05, 0) is 56.7 Å². The Kier molecular flexibility index (Phi) is 7.19. The van der Waals surface area contributed by atoms with Crippen molar-refractivity contribution < 1.29 is 40.0 Å². The number of halogens is 5. The fourth-order valence-corrected chi connectivity index (χ4v) is 8.60. The number of nitriles is 1. The number of carbonyl (C=O) groups excluding carboxylic acids is 2. The summed E-state index contributed by atoms with van der Waals surface area (Å²) in [5, 5.41) is 10.4. The van der Waals surface area contributed by atoms with Crippen LogP contribution in [0.1, 0.15) is 44.1 Å². The molecule has 15 heteroatoms. The Labute approximate surface area is 245 Å². The lowest BCUT2D eigenvalue weighted by atomic mass is 9.92. The minimum Gasteiger partial charge on any atom is -0.369 e. The maximum Gasteiger partial charge on any atom is 0.417 e. The van der Waals surface area contributed by atoms with Crippen LogP contribution >= 0.6 is 0 Å². The first-order valence-electron chi connectivity index (χ1n) is 14.5.